The number of para-hydroxylation sites is 1. The highest BCUT2D eigenvalue weighted by Gasteiger charge is 2.64. The maximum Gasteiger partial charge on any atom is 0.244 e. The first-order valence-electron chi connectivity index (χ1n) is 7.24. The monoisotopic (exact) mass is 272 g/mol. The van der Waals surface area contributed by atoms with E-state index in [2.05, 4.69) is 17.5 Å². The first-order chi connectivity index (χ1) is 9.63. The molecule has 2 aliphatic carbocycles. The zero-order valence-electron chi connectivity index (χ0n) is 11.7. The molecule has 1 aromatic rings. The van der Waals surface area contributed by atoms with E-state index < -0.39 is 0 Å². The Labute approximate surface area is 118 Å². The van der Waals surface area contributed by atoms with Gasteiger partial charge in [0, 0.05) is 11.5 Å². The molecule has 0 aromatic heterocycles. The lowest BCUT2D eigenvalue weighted by Crippen LogP contribution is -2.22. The molecule has 4 heteroatoms. The quantitative estimate of drug-likeness (QED) is 0.656. The Hall–Kier alpha value is -1.84. The van der Waals surface area contributed by atoms with Gasteiger partial charge in [-0.1, -0.05) is 31.9 Å². The largest absolute Gasteiger partial charge is 0.507 e. The van der Waals surface area contributed by atoms with Crippen LogP contribution >= 0.6 is 0 Å². The second kappa shape index (κ2) is 4.93. The number of carbonyl (C=O) groups is 1. The maximum absolute atomic E-state index is 12.2. The summed E-state index contributed by atoms with van der Waals surface area (Å²) < 4.78 is 0. The van der Waals surface area contributed by atoms with Crippen molar-refractivity contribution in [3.8, 4) is 5.75 Å². The molecule has 0 aliphatic heterocycles. The summed E-state index contributed by atoms with van der Waals surface area (Å²) in [4.78, 5) is 12.2. The summed E-state index contributed by atoms with van der Waals surface area (Å²) in [5.41, 5.74) is 3.43. The van der Waals surface area contributed by atoms with Crippen LogP contribution in [0.15, 0.2) is 29.4 Å². The molecule has 0 spiro atoms. The number of hydrogen-bond acceptors (Lipinski definition) is 3. The van der Waals surface area contributed by atoms with Gasteiger partial charge >= 0.3 is 0 Å². The van der Waals surface area contributed by atoms with Crippen molar-refractivity contribution in [2.75, 3.05) is 0 Å². The molecule has 106 valence electrons. The van der Waals surface area contributed by atoms with E-state index in [9.17, 15) is 9.90 Å². The fraction of sp³-hybridized carbons (Fsp3) is 0.500. The van der Waals surface area contributed by atoms with Gasteiger partial charge in [0.15, 0.2) is 0 Å². The van der Waals surface area contributed by atoms with Crippen LogP contribution in [0.3, 0.4) is 0 Å². The van der Waals surface area contributed by atoms with Crippen molar-refractivity contribution in [2.45, 2.75) is 32.6 Å². The van der Waals surface area contributed by atoms with Crippen LogP contribution in [-0.2, 0) is 4.79 Å². The van der Waals surface area contributed by atoms with Gasteiger partial charge in [-0.25, -0.2) is 5.43 Å². The zero-order valence-corrected chi connectivity index (χ0v) is 11.7. The number of nitrogens with zero attached hydrogens (tertiary/aromatic N) is 1. The Balaban J connectivity index is 1.60. The Morgan fingerprint density at radius 3 is 2.95 bits per heavy atom. The highest BCUT2D eigenvalue weighted by Crippen LogP contribution is 2.66. The van der Waals surface area contributed by atoms with Crippen LogP contribution in [0.25, 0.3) is 0 Å². The van der Waals surface area contributed by atoms with E-state index in [0.29, 0.717) is 11.5 Å². The fourth-order valence-corrected chi connectivity index (χ4v) is 3.68. The van der Waals surface area contributed by atoms with E-state index >= 15 is 0 Å². The average Bonchev–Trinajstić information content (AvgIpc) is 3.06. The van der Waals surface area contributed by atoms with E-state index in [1.165, 1.54) is 19.1 Å². The molecule has 2 fully saturated rings. The molecule has 0 radical (unpaired) electrons. The van der Waals surface area contributed by atoms with Gasteiger partial charge in [0.1, 0.15) is 5.75 Å². The van der Waals surface area contributed by atoms with Gasteiger partial charge in [-0.15, -0.1) is 0 Å². The third-order valence-electron chi connectivity index (χ3n) is 4.93. The molecule has 3 atom stereocenters. The van der Waals surface area contributed by atoms with Crippen LogP contribution < -0.4 is 5.43 Å². The van der Waals surface area contributed by atoms with Crippen molar-refractivity contribution in [3.63, 3.8) is 0 Å². The molecule has 1 amide bonds. The van der Waals surface area contributed by atoms with Gasteiger partial charge in [0.05, 0.1) is 6.21 Å². The summed E-state index contributed by atoms with van der Waals surface area (Å²) in [5.74, 6) is 0.840. The second-order valence-electron chi connectivity index (χ2n) is 6.13. The fourth-order valence-electron chi connectivity index (χ4n) is 3.68. The number of fused-ring (bicyclic) bond motifs is 1. The first-order valence-corrected chi connectivity index (χ1v) is 7.24. The minimum Gasteiger partial charge on any atom is -0.507 e. The van der Waals surface area contributed by atoms with Crippen molar-refractivity contribution >= 4 is 12.1 Å². The van der Waals surface area contributed by atoms with E-state index in [1.807, 2.05) is 6.07 Å². The molecule has 1 aromatic carbocycles. The standard InChI is InChI=1S/C16H20N2O2/c1-16-9-5-4-7-12(16)14(16)15(20)18-17-10-11-6-2-3-8-13(11)19/h2-3,6,8,10,12,14,19H,4-5,7,9H2,1H3,(H,18,20)/b17-10-/t12-,14+,16+/m0/s1. The molecule has 0 bridgehead atoms. The molecular weight excluding hydrogens is 252 g/mol. The Kier molecular flexibility index (Phi) is 3.24. The number of hydrogen-bond donors (Lipinski definition) is 2. The average molecular weight is 272 g/mol. The summed E-state index contributed by atoms with van der Waals surface area (Å²) in [6.45, 7) is 2.22. The van der Waals surface area contributed by atoms with E-state index in [0.717, 1.165) is 12.8 Å². The zero-order chi connectivity index (χ0) is 14.2. The molecule has 2 saturated carbocycles. The number of nitrogens with one attached hydrogen (secondary N) is 1. The third kappa shape index (κ3) is 2.19. The van der Waals surface area contributed by atoms with Crippen LogP contribution in [0.2, 0.25) is 0 Å². The Morgan fingerprint density at radius 2 is 2.25 bits per heavy atom. The lowest BCUT2D eigenvalue weighted by atomic mass is 9.90. The highest BCUT2D eigenvalue weighted by molar-refractivity contribution is 5.87. The molecule has 0 saturated heterocycles. The highest BCUT2D eigenvalue weighted by atomic mass is 16.3. The third-order valence-corrected chi connectivity index (χ3v) is 4.93. The van der Waals surface area contributed by atoms with E-state index in [-0.39, 0.29) is 23.0 Å². The first kappa shape index (κ1) is 13.2. The maximum atomic E-state index is 12.2. The number of benzene rings is 1. The van der Waals surface area contributed by atoms with Gasteiger partial charge in [0.2, 0.25) is 5.91 Å². The second-order valence-corrected chi connectivity index (χ2v) is 6.13. The lowest BCUT2D eigenvalue weighted by molar-refractivity contribution is -0.123. The van der Waals surface area contributed by atoms with Crippen LogP contribution in [-0.4, -0.2) is 17.2 Å². The molecule has 2 N–H and O–H groups in total. The van der Waals surface area contributed by atoms with Gasteiger partial charge < -0.3 is 5.11 Å². The predicted octanol–water partition coefficient (Wildman–Crippen LogP) is 2.67. The minimum atomic E-state index is 0.0195. The molecule has 2 aliphatic rings. The molecule has 0 unspecified atom stereocenters. The minimum absolute atomic E-state index is 0.0195. The summed E-state index contributed by atoms with van der Waals surface area (Å²) >= 11 is 0. The number of hydrazone groups is 1. The summed E-state index contributed by atoms with van der Waals surface area (Å²) in [7, 11) is 0. The lowest BCUT2D eigenvalue weighted by Gasteiger charge is -2.15. The summed E-state index contributed by atoms with van der Waals surface area (Å²) in [6, 6.07) is 6.92. The molecule has 3 rings (SSSR count). The van der Waals surface area contributed by atoms with E-state index in [4.69, 9.17) is 0 Å². The smallest absolute Gasteiger partial charge is 0.244 e. The Bertz CT molecular complexity index is 555. The molecule has 0 heterocycles. The van der Waals surface area contributed by atoms with Crippen LogP contribution in [0, 0.1) is 17.3 Å². The van der Waals surface area contributed by atoms with Crippen molar-refractivity contribution < 1.29 is 9.90 Å². The molecule has 4 nitrogen and oxygen atoms in total. The van der Waals surface area contributed by atoms with Crippen LogP contribution in [0.4, 0.5) is 0 Å². The van der Waals surface area contributed by atoms with E-state index in [1.54, 1.807) is 18.2 Å². The van der Waals surface area contributed by atoms with Crippen molar-refractivity contribution in [1.29, 1.82) is 0 Å². The molecular formula is C16H20N2O2. The number of carbonyl (C=O) groups excluding carboxylic acids is 1. The molecule has 20 heavy (non-hydrogen) atoms. The van der Waals surface area contributed by atoms with Crippen molar-refractivity contribution in [1.82, 2.24) is 5.43 Å². The van der Waals surface area contributed by atoms with Gasteiger partial charge in [-0.2, -0.15) is 5.10 Å². The Morgan fingerprint density at radius 1 is 1.45 bits per heavy atom. The van der Waals surface area contributed by atoms with Crippen LogP contribution in [0.1, 0.15) is 38.2 Å². The SMILES string of the molecule is C[C@@]12CCCC[C@H]1[C@@H]2C(=O)N/N=C\c1ccccc1O. The summed E-state index contributed by atoms with van der Waals surface area (Å²) in [5, 5.41) is 13.6. The number of phenolic OH excluding ortho intramolecular Hbond substituents is 1. The summed E-state index contributed by atoms with van der Waals surface area (Å²) in [6.07, 6.45) is 6.28. The number of rotatable bonds is 3. The van der Waals surface area contributed by atoms with Gasteiger partial charge in [-0.3, -0.25) is 4.79 Å². The number of aromatic hydroxyl groups is 1. The topological polar surface area (TPSA) is 61.7 Å². The van der Waals surface area contributed by atoms with Crippen LogP contribution in [0.5, 0.6) is 5.75 Å². The normalized spacial score (nSPS) is 31.9. The number of phenols is 1. The number of amides is 1. The van der Waals surface area contributed by atoms with Crippen molar-refractivity contribution in [3.05, 3.63) is 29.8 Å². The van der Waals surface area contributed by atoms with Gasteiger partial charge in [-0.05, 0) is 36.3 Å². The van der Waals surface area contributed by atoms with Crippen molar-refractivity contribution in [2.24, 2.45) is 22.4 Å². The van der Waals surface area contributed by atoms with Gasteiger partial charge in [0.25, 0.3) is 0 Å². The predicted molar refractivity (Wildman–Crippen MR) is 77.4 cm³/mol.